The zero-order valence-electron chi connectivity index (χ0n) is 16.9. The zero-order valence-corrected chi connectivity index (χ0v) is 18.5. The minimum absolute atomic E-state index is 0. The molecule has 160 valence electrons. The number of nitrogens with one attached hydrogen (secondary N) is 2. The molecule has 0 unspecified atom stereocenters. The van der Waals surface area contributed by atoms with Crippen molar-refractivity contribution in [3.63, 3.8) is 0 Å². The normalized spacial score (nSPS) is 16.2. The van der Waals surface area contributed by atoms with Gasteiger partial charge in [-0.3, -0.25) is 4.79 Å². The number of amides is 1. The summed E-state index contributed by atoms with van der Waals surface area (Å²) in [4.78, 5) is 14.2. The molecule has 7 nitrogen and oxygen atoms in total. The number of halogens is 1. The molecule has 0 aliphatic carbocycles. The van der Waals surface area contributed by atoms with Crippen molar-refractivity contribution in [2.75, 3.05) is 46.4 Å². The molecule has 9 heteroatoms. The molecule has 2 N–H and O–H groups in total. The molecule has 1 heterocycles. The Morgan fingerprint density at radius 2 is 1.75 bits per heavy atom. The van der Waals surface area contributed by atoms with E-state index in [1.807, 2.05) is 13.8 Å². The van der Waals surface area contributed by atoms with Gasteiger partial charge in [0.1, 0.15) is 0 Å². The molecule has 0 saturated carbocycles. The number of nitrogens with zero attached hydrogens (tertiary/aromatic N) is 1. The van der Waals surface area contributed by atoms with Crippen molar-refractivity contribution in [3.8, 4) is 0 Å². The van der Waals surface area contributed by atoms with Crippen LogP contribution < -0.4 is 10.0 Å². The highest BCUT2D eigenvalue weighted by Gasteiger charge is 2.33. The Hall–Kier alpha value is -1.19. The Kier molecular flexibility index (Phi) is 9.86. The van der Waals surface area contributed by atoms with Crippen LogP contribution in [-0.2, 0) is 14.8 Å². The summed E-state index contributed by atoms with van der Waals surface area (Å²) in [7, 11) is -2.00. The second kappa shape index (κ2) is 11.1. The van der Waals surface area contributed by atoms with E-state index >= 15 is 0 Å². The fourth-order valence-electron chi connectivity index (χ4n) is 3.44. The first-order valence-corrected chi connectivity index (χ1v) is 10.9. The van der Waals surface area contributed by atoms with Gasteiger partial charge in [-0.1, -0.05) is 0 Å². The van der Waals surface area contributed by atoms with Gasteiger partial charge in [0, 0.05) is 37.7 Å². The van der Waals surface area contributed by atoms with Crippen molar-refractivity contribution in [2.24, 2.45) is 5.41 Å². The highest BCUT2D eigenvalue weighted by Crippen LogP contribution is 2.29. The lowest BCUT2D eigenvalue weighted by molar-refractivity contribution is 0.0577. The second-order valence-electron chi connectivity index (χ2n) is 7.01. The van der Waals surface area contributed by atoms with E-state index < -0.39 is 10.0 Å². The number of hydrogen-bond acceptors (Lipinski definition) is 5. The minimum atomic E-state index is -3.64. The molecule has 1 aromatic rings. The van der Waals surface area contributed by atoms with E-state index in [0.29, 0.717) is 31.8 Å². The number of hydrogen-bond donors (Lipinski definition) is 2. The molecule has 1 aromatic carbocycles. The first-order valence-electron chi connectivity index (χ1n) is 9.46. The van der Waals surface area contributed by atoms with E-state index in [2.05, 4.69) is 10.0 Å². The summed E-state index contributed by atoms with van der Waals surface area (Å²) in [6, 6.07) is 6.13. The summed E-state index contributed by atoms with van der Waals surface area (Å²) in [5.41, 5.74) is 0.304. The van der Waals surface area contributed by atoms with Crippen molar-refractivity contribution >= 4 is 28.3 Å². The van der Waals surface area contributed by atoms with Crippen LogP contribution in [-0.4, -0.2) is 65.7 Å². The monoisotopic (exact) mass is 433 g/mol. The van der Waals surface area contributed by atoms with Crippen LogP contribution in [0.5, 0.6) is 0 Å². The molecule has 0 bridgehead atoms. The third-order valence-electron chi connectivity index (χ3n) is 5.21. The largest absolute Gasteiger partial charge is 0.384 e. The number of benzene rings is 1. The smallest absolute Gasteiger partial charge is 0.253 e. The molecule has 0 atom stereocenters. The van der Waals surface area contributed by atoms with Crippen molar-refractivity contribution in [2.45, 2.75) is 31.6 Å². The lowest BCUT2D eigenvalue weighted by Gasteiger charge is -2.37. The van der Waals surface area contributed by atoms with Gasteiger partial charge in [-0.2, -0.15) is 0 Å². The zero-order chi connectivity index (χ0) is 19.9. The first-order chi connectivity index (χ1) is 12.9. The van der Waals surface area contributed by atoms with Crippen LogP contribution in [0.4, 0.5) is 0 Å². The van der Waals surface area contributed by atoms with Gasteiger partial charge in [0.25, 0.3) is 5.91 Å². The molecular formula is C19H32ClN3O4S. The molecule has 0 aromatic heterocycles. The van der Waals surface area contributed by atoms with Gasteiger partial charge in [0.15, 0.2) is 0 Å². The molecule has 0 radical (unpaired) electrons. The SMILES string of the molecule is CCN(CC)C(=O)c1ccc(S(=O)(=O)NCC2(COC)CCNCC2)cc1.Cl. The molecule has 2 rings (SSSR count). The predicted octanol–water partition coefficient (Wildman–Crippen LogP) is 1.88. The van der Waals surface area contributed by atoms with E-state index in [9.17, 15) is 13.2 Å². The van der Waals surface area contributed by atoms with Crippen molar-refractivity contribution in [3.05, 3.63) is 29.8 Å². The molecule has 1 amide bonds. The molecule has 28 heavy (non-hydrogen) atoms. The summed E-state index contributed by atoms with van der Waals surface area (Å²) in [6.07, 6.45) is 1.72. The number of rotatable bonds is 9. The van der Waals surface area contributed by atoms with Crippen LogP contribution in [0.1, 0.15) is 37.0 Å². The quantitative estimate of drug-likeness (QED) is 0.620. The third-order valence-corrected chi connectivity index (χ3v) is 6.63. The first kappa shape index (κ1) is 24.8. The highest BCUT2D eigenvalue weighted by molar-refractivity contribution is 7.89. The minimum Gasteiger partial charge on any atom is -0.384 e. The average molecular weight is 434 g/mol. The number of carbonyl (C=O) groups excluding carboxylic acids is 1. The van der Waals surface area contributed by atoms with Crippen LogP contribution in [0.2, 0.25) is 0 Å². The van der Waals surface area contributed by atoms with Crippen molar-refractivity contribution < 1.29 is 17.9 Å². The van der Waals surface area contributed by atoms with Crippen LogP contribution in [0.25, 0.3) is 0 Å². The summed E-state index contributed by atoms with van der Waals surface area (Å²) in [5.74, 6) is -0.0920. The highest BCUT2D eigenvalue weighted by atomic mass is 35.5. The second-order valence-corrected chi connectivity index (χ2v) is 8.78. The van der Waals surface area contributed by atoms with Crippen LogP contribution in [0.15, 0.2) is 29.2 Å². The topological polar surface area (TPSA) is 87.7 Å². The van der Waals surface area contributed by atoms with Gasteiger partial charge in [0.2, 0.25) is 10.0 Å². The Morgan fingerprint density at radius 3 is 2.25 bits per heavy atom. The summed E-state index contributed by atoms with van der Waals surface area (Å²) >= 11 is 0. The van der Waals surface area contributed by atoms with Crippen LogP contribution in [0, 0.1) is 5.41 Å². The van der Waals surface area contributed by atoms with Gasteiger partial charge in [-0.15, -0.1) is 12.4 Å². The standard InChI is InChI=1S/C19H31N3O4S.ClH/c1-4-22(5-2)18(23)16-6-8-17(9-7-16)27(24,25)21-14-19(15-26-3)10-12-20-13-11-19;/h6-9,20-21H,4-5,10-15H2,1-3H3;1H. The summed E-state index contributed by atoms with van der Waals surface area (Å²) in [5, 5.41) is 3.29. The van der Waals surface area contributed by atoms with Crippen molar-refractivity contribution in [1.29, 1.82) is 0 Å². The number of piperidine rings is 1. The molecule has 0 spiro atoms. The molecular weight excluding hydrogens is 402 g/mol. The van der Waals surface area contributed by atoms with Gasteiger partial charge in [-0.25, -0.2) is 13.1 Å². The van der Waals surface area contributed by atoms with Crippen LogP contribution in [0.3, 0.4) is 0 Å². The van der Waals surface area contributed by atoms with E-state index in [1.165, 1.54) is 12.1 Å². The summed E-state index contributed by atoms with van der Waals surface area (Å²) in [6.45, 7) is 7.64. The van der Waals surface area contributed by atoms with Gasteiger partial charge in [0.05, 0.1) is 11.5 Å². The van der Waals surface area contributed by atoms with Crippen molar-refractivity contribution in [1.82, 2.24) is 14.9 Å². The third kappa shape index (κ3) is 6.15. The molecule has 1 fully saturated rings. The van der Waals surface area contributed by atoms with E-state index in [1.54, 1.807) is 24.1 Å². The predicted molar refractivity (Wildman–Crippen MR) is 113 cm³/mol. The number of carbonyl (C=O) groups is 1. The van der Waals surface area contributed by atoms with E-state index in [-0.39, 0.29) is 28.6 Å². The number of ether oxygens (including phenoxy) is 1. The lowest BCUT2D eigenvalue weighted by Crippen LogP contribution is -2.47. The number of sulfonamides is 1. The Bertz CT molecular complexity index is 710. The Balaban J connectivity index is 0.00000392. The van der Waals surface area contributed by atoms with Gasteiger partial charge >= 0.3 is 0 Å². The summed E-state index contributed by atoms with van der Waals surface area (Å²) < 4.78 is 33.4. The fraction of sp³-hybridized carbons (Fsp3) is 0.632. The lowest BCUT2D eigenvalue weighted by atomic mass is 9.80. The van der Waals surface area contributed by atoms with E-state index in [0.717, 1.165) is 25.9 Å². The van der Waals surface area contributed by atoms with Gasteiger partial charge < -0.3 is 15.0 Å². The maximum atomic E-state index is 12.7. The average Bonchev–Trinajstić information content (AvgIpc) is 2.68. The molecule has 1 saturated heterocycles. The van der Waals surface area contributed by atoms with E-state index in [4.69, 9.17) is 4.74 Å². The molecule has 1 aliphatic heterocycles. The fourth-order valence-corrected chi connectivity index (χ4v) is 4.59. The maximum Gasteiger partial charge on any atom is 0.253 e. The number of methoxy groups -OCH3 is 1. The van der Waals surface area contributed by atoms with Gasteiger partial charge in [-0.05, 0) is 64.0 Å². The Labute approximate surface area is 174 Å². The maximum absolute atomic E-state index is 12.7. The molecule has 1 aliphatic rings. The Morgan fingerprint density at radius 1 is 1.18 bits per heavy atom. The van der Waals surface area contributed by atoms with Crippen LogP contribution >= 0.6 is 12.4 Å².